The van der Waals surface area contributed by atoms with E-state index in [0.29, 0.717) is 13.2 Å². The van der Waals surface area contributed by atoms with Gasteiger partial charge in [-0.15, -0.1) is 0 Å². The van der Waals surface area contributed by atoms with E-state index < -0.39 is 0 Å². The second-order valence-electron chi connectivity index (χ2n) is 5.39. The van der Waals surface area contributed by atoms with E-state index in [4.69, 9.17) is 9.47 Å². The third-order valence-corrected chi connectivity index (χ3v) is 3.53. The number of nitrogens with one attached hydrogen (secondary N) is 1. The number of anilines is 1. The van der Waals surface area contributed by atoms with Crippen LogP contribution in [0.15, 0.2) is 84.9 Å². The number of benzene rings is 3. The summed E-state index contributed by atoms with van der Waals surface area (Å²) < 4.78 is 11.5. The summed E-state index contributed by atoms with van der Waals surface area (Å²) >= 11 is 0. The van der Waals surface area contributed by atoms with Crippen molar-refractivity contribution in [3.05, 3.63) is 90.5 Å². The van der Waals surface area contributed by atoms with Crippen molar-refractivity contribution in [2.75, 3.05) is 18.5 Å². The van der Waals surface area contributed by atoms with Crippen LogP contribution in [0, 0.1) is 0 Å². The van der Waals surface area contributed by atoms with Gasteiger partial charge in [-0.2, -0.15) is 0 Å². The summed E-state index contributed by atoms with van der Waals surface area (Å²) in [6.07, 6.45) is 0. The van der Waals surface area contributed by atoms with Gasteiger partial charge in [-0.3, -0.25) is 0 Å². The first kappa shape index (κ1) is 15.9. The second-order valence-corrected chi connectivity index (χ2v) is 5.39. The Hall–Kier alpha value is -2.94. The van der Waals surface area contributed by atoms with Crippen LogP contribution >= 0.6 is 0 Å². The van der Waals surface area contributed by atoms with Crippen molar-refractivity contribution in [2.45, 2.75) is 6.61 Å². The van der Waals surface area contributed by atoms with Gasteiger partial charge in [0, 0.05) is 18.3 Å². The topological polar surface area (TPSA) is 30.5 Å². The molecule has 0 fully saturated rings. The summed E-state index contributed by atoms with van der Waals surface area (Å²) in [6.45, 7) is 1.91. The highest BCUT2D eigenvalue weighted by Gasteiger charge is 1.98. The first-order valence-electron chi connectivity index (χ1n) is 8.09. The number of hydrogen-bond acceptors (Lipinski definition) is 3. The molecule has 0 spiro atoms. The van der Waals surface area contributed by atoms with E-state index in [-0.39, 0.29) is 0 Å². The molecule has 0 saturated heterocycles. The summed E-state index contributed by atoms with van der Waals surface area (Å²) in [6, 6.07) is 28.0. The zero-order valence-electron chi connectivity index (χ0n) is 13.5. The summed E-state index contributed by atoms with van der Waals surface area (Å²) in [7, 11) is 0. The van der Waals surface area contributed by atoms with Crippen molar-refractivity contribution in [2.24, 2.45) is 0 Å². The molecule has 3 heteroatoms. The van der Waals surface area contributed by atoms with E-state index >= 15 is 0 Å². The molecule has 0 aliphatic carbocycles. The maximum Gasteiger partial charge on any atom is 0.121 e. The fourth-order valence-electron chi connectivity index (χ4n) is 2.32. The van der Waals surface area contributed by atoms with Gasteiger partial charge in [0.15, 0.2) is 0 Å². The van der Waals surface area contributed by atoms with Gasteiger partial charge in [0.05, 0.1) is 0 Å². The second kappa shape index (κ2) is 8.63. The molecule has 122 valence electrons. The van der Waals surface area contributed by atoms with Gasteiger partial charge in [-0.05, 0) is 29.8 Å². The largest absolute Gasteiger partial charge is 0.492 e. The van der Waals surface area contributed by atoms with E-state index in [1.165, 1.54) is 0 Å². The van der Waals surface area contributed by atoms with Crippen LogP contribution in [0.1, 0.15) is 5.56 Å². The average molecular weight is 319 g/mol. The molecule has 0 aliphatic heterocycles. The van der Waals surface area contributed by atoms with Crippen LogP contribution in [0.25, 0.3) is 0 Å². The normalized spacial score (nSPS) is 10.2. The van der Waals surface area contributed by atoms with E-state index in [9.17, 15) is 0 Å². The molecular weight excluding hydrogens is 298 g/mol. The maximum atomic E-state index is 5.84. The molecule has 0 radical (unpaired) electrons. The Labute approximate surface area is 142 Å². The molecule has 0 atom stereocenters. The minimum Gasteiger partial charge on any atom is -0.492 e. The lowest BCUT2D eigenvalue weighted by Gasteiger charge is -2.11. The fourth-order valence-corrected chi connectivity index (χ4v) is 2.32. The van der Waals surface area contributed by atoms with Crippen molar-refractivity contribution in [1.82, 2.24) is 0 Å². The van der Waals surface area contributed by atoms with Crippen molar-refractivity contribution >= 4 is 5.69 Å². The zero-order chi connectivity index (χ0) is 16.5. The number of ether oxygens (including phenoxy) is 2. The lowest BCUT2D eigenvalue weighted by atomic mass is 10.2. The Balaban J connectivity index is 1.45. The first-order chi connectivity index (χ1) is 11.9. The maximum absolute atomic E-state index is 5.84. The summed E-state index contributed by atoms with van der Waals surface area (Å²) in [4.78, 5) is 0. The lowest BCUT2D eigenvalue weighted by Crippen LogP contribution is -2.11. The van der Waals surface area contributed by atoms with Gasteiger partial charge in [-0.25, -0.2) is 0 Å². The van der Waals surface area contributed by atoms with Crippen LogP contribution in [-0.2, 0) is 6.61 Å². The molecule has 0 heterocycles. The summed E-state index contributed by atoms with van der Waals surface area (Å²) in [5.41, 5.74) is 2.18. The predicted octanol–water partition coefficient (Wildman–Crippen LogP) is 4.76. The number of hydrogen-bond donors (Lipinski definition) is 1. The van der Waals surface area contributed by atoms with E-state index in [0.717, 1.165) is 29.3 Å². The van der Waals surface area contributed by atoms with Crippen molar-refractivity contribution < 1.29 is 9.47 Å². The van der Waals surface area contributed by atoms with Crippen LogP contribution in [-0.4, -0.2) is 13.2 Å². The molecule has 24 heavy (non-hydrogen) atoms. The van der Waals surface area contributed by atoms with Gasteiger partial charge < -0.3 is 14.8 Å². The van der Waals surface area contributed by atoms with Gasteiger partial charge in [-0.1, -0.05) is 54.6 Å². The minimum atomic E-state index is 0.571. The standard InChI is InChI=1S/C21H21NO2/c1-3-8-18(9-4-1)17-24-21-13-7-10-19(16-21)22-14-15-23-20-11-5-2-6-12-20/h1-13,16,22H,14-15,17H2. The fraction of sp³-hybridized carbons (Fsp3) is 0.143. The van der Waals surface area contributed by atoms with Crippen LogP contribution in [0.4, 0.5) is 5.69 Å². The molecule has 0 aromatic heterocycles. The van der Waals surface area contributed by atoms with Crippen LogP contribution in [0.3, 0.4) is 0 Å². The molecule has 3 aromatic carbocycles. The molecule has 3 nitrogen and oxygen atoms in total. The molecule has 0 saturated carbocycles. The smallest absolute Gasteiger partial charge is 0.121 e. The molecular formula is C21H21NO2. The third kappa shape index (κ3) is 5.06. The minimum absolute atomic E-state index is 0.571. The number of para-hydroxylation sites is 1. The molecule has 0 aliphatic rings. The van der Waals surface area contributed by atoms with Gasteiger partial charge in [0.25, 0.3) is 0 Å². The van der Waals surface area contributed by atoms with Crippen LogP contribution in [0.5, 0.6) is 11.5 Å². The molecule has 3 rings (SSSR count). The highest BCUT2D eigenvalue weighted by Crippen LogP contribution is 2.18. The van der Waals surface area contributed by atoms with Gasteiger partial charge in [0.2, 0.25) is 0 Å². The van der Waals surface area contributed by atoms with Gasteiger partial charge >= 0.3 is 0 Å². The van der Waals surface area contributed by atoms with E-state index in [1.54, 1.807) is 0 Å². The Morgan fingerprint density at radius 3 is 2.17 bits per heavy atom. The quantitative estimate of drug-likeness (QED) is 0.607. The Bertz CT molecular complexity index is 729. The Kier molecular flexibility index (Phi) is 5.73. The van der Waals surface area contributed by atoms with Crippen molar-refractivity contribution in [3.63, 3.8) is 0 Å². The van der Waals surface area contributed by atoms with E-state index in [2.05, 4.69) is 17.4 Å². The monoisotopic (exact) mass is 319 g/mol. The molecule has 0 unspecified atom stereocenters. The summed E-state index contributed by atoms with van der Waals surface area (Å²) in [5, 5.41) is 3.35. The molecule has 0 amide bonds. The summed E-state index contributed by atoms with van der Waals surface area (Å²) in [5.74, 6) is 1.74. The highest BCUT2D eigenvalue weighted by atomic mass is 16.5. The SMILES string of the molecule is c1ccc(COc2cccc(NCCOc3ccccc3)c2)cc1. The zero-order valence-corrected chi connectivity index (χ0v) is 13.5. The van der Waals surface area contributed by atoms with Gasteiger partial charge in [0.1, 0.15) is 24.7 Å². The predicted molar refractivity (Wildman–Crippen MR) is 97.6 cm³/mol. The van der Waals surface area contributed by atoms with Crippen LogP contribution < -0.4 is 14.8 Å². The molecule has 1 N–H and O–H groups in total. The molecule has 0 bridgehead atoms. The van der Waals surface area contributed by atoms with E-state index in [1.807, 2.05) is 72.8 Å². The third-order valence-electron chi connectivity index (χ3n) is 3.53. The van der Waals surface area contributed by atoms with Crippen molar-refractivity contribution in [3.8, 4) is 11.5 Å². The first-order valence-corrected chi connectivity index (χ1v) is 8.09. The highest BCUT2D eigenvalue weighted by molar-refractivity contribution is 5.48. The Morgan fingerprint density at radius 1 is 0.667 bits per heavy atom. The Morgan fingerprint density at radius 2 is 1.38 bits per heavy atom. The lowest BCUT2D eigenvalue weighted by molar-refractivity contribution is 0.306. The van der Waals surface area contributed by atoms with Crippen LogP contribution in [0.2, 0.25) is 0 Å². The van der Waals surface area contributed by atoms with Crippen molar-refractivity contribution in [1.29, 1.82) is 0 Å². The average Bonchev–Trinajstić information content (AvgIpc) is 2.66. The number of rotatable bonds is 8. The molecule has 3 aromatic rings.